The topological polar surface area (TPSA) is 78.9 Å². The summed E-state index contributed by atoms with van der Waals surface area (Å²) in [7, 11) is 3.35. The fraction of sp³-hybridized carbons (Fsp3) is 0.158. The van der Waals surface area contributed by atoms with E-state index in [4.69, 9.17) is 0 Å². The molecule has 0 spiro atoms. The van der Waals surface area contributed by atoms with Gasteiger partial charge in [-0.25, -0.2) is 9.78 Å². The quantitative estimate of drug-likeness (QED) is 0.525. The van der Waals surface area contributed by atoms with Crippen molar-refractivity contribution < 1.29 is 4.79 Å². The highest BCUT2D eigenvalue weighted by Gasteiger charge is 2.14. The molecule has 2 aromatic carbocycles. The smallest absolute Gasteiger partial charge is 0.295 e. The van der Waals surface area contributed by atoms with E-state index in [0.29, 0.717) is 22.0 Å². The van der Waals surface area contributed by atoms with Crippen LogP contribution in [0.4, 0.5) is 0 Å². The minimum atomic E-state index is -0.253. The van der Waals surface area contributed by atoms with Crippen LogP contribution in [0.5, 0.6) is 0 Å². The minimum Gasteiger partial charge on any atom is -0.295 e. The van der Waals surface area contributed by atoms with E-state index in [9.17, 15) is 14.4 Å². The van der Waals surface area contributed by atoms with Crippen LogP contribution in [0.25, 0.3) is 21.9 Å². The third-order valence-electron chi connectivity index (χ3n) is 4.64. The lowest BCUT2D eigenvalue weighted by molar-refractivity contribution is 0.0970. The summed E-state index contributed by atoms with van der Waals surface area (Å²) in [5.41, 5.74) is 2.06. The Morgan fingerprint density at radius 3 is 2.54 bits per heavy atom. The summed E-state index contributed by atoms with van der Waals surface area (Å²) in [6, 6.07) is 12.1. The number of hydrogen-bond acceptors (Lipinski definition) is 4. The van der Waals surface area contributed by atoms with Crippen molar-refractivity contribution in [1.82, 2.24) is 18.7 Å². The van der Waals surface area contributed by atoms with Gasteiger partial charge in [0.2, 0.25) is 0 Å². The first-order valence-electron chi connectivity index (χ1n) is 8.10. The van der Waals surface area contributed by atoms with Gasteiger partial charge in [0.05, 0.1) is 34.8 Å². The SMILES string of the molecule is Cn1c(=O)n(C)c2cc(C(=O)Cn3cnc4ccccc4c3=O)ccc21. The molecule has 7 nitrogen and oxygen atoms in total. The summed E-state index contributed by atoms with van der Waals surface area (Å²) >= 11 is 0. The Morgan fingerprint density at radius 1 is 1.00 bits per heavy atom. The van der Waals surface area contributed by atoms with Crippen LogP contribution < -0.4 is 11.2 Å². The van der Waals surface area contributed by atoms with E-state index in [1.165, 1.54) is 20.0 Å². The first-order chi connectivity index (χ1) is 12.5. The van der Waals surface area contributed by atoms with Gasteiger partial charge in [-0.2, -0.15) is 0 Å². The summed E-state index contributed by atoms with van der Waals surface area (Å²) in [5.74, 6) is -0.220. The number of carbonyl (C=O) groups is 1. The number of aromatic nitrogens is 4. The van der Waals surface area contributed by atoms with Gasteiger partial charge in [-0.1, -0.05) is 12.1 Å². The second kappa shape index (κ2) is 5.80. The zero-order valence-electron chi connectivity index (χ0n) is 14.3. The van der Waals surface area contributed by atoms with Crippen LogP contribution >= 0.6 is 0 Å². The van der Waals surface area contributed by atoms with Gasteiger partial charge in [-0.05, 0) is 30.3 Å². The first-order valence-corrected chi connectivity index (χ1v) is 8.10. The number of hydrogen-bond donors (Lipinski definition) is 0. The number of para-hydroxylation sites is 1. The number of aryl methyl sites for hydroxylation is 2. The molecule has 0 bridgehead atoms. The lowest BCUT2D eigenvalue weighted by atomic mass is 10.1. The van der Waals surface area contributed by atoms with Crippen LogP contribution in [-0.2, 0) is 20.6 Å². The number of fused-ring (bicyclic) bond motifs is 2. The van der Waals surface area contributed by atoms with E-state index in [1.54, 1.807) is 50.5 Å². The van der Waals surface area contributed by atoms with E-state index >= 15 is 0 Å². The highest BCUT2D eigenvalue weighted by Crippen LogP contribution is 2.15. The molecule has 0 saturated heterocycles. The summed E-state index contributed by atoms with van der Waals surface area (Å²) in [6.07, 6.45) is 1.39. The standard InChI is InChI=1S/C19H16N4O3/c1-21-15-8-7-12(9-16(15)22(2)19(21)26)17(24)10-23-11-20-14-6-4-3-5-13(14)18(23)25/h3-9,11H,10H2,1-2H3. The third-order valence-corrected chi connectivity index (χ3v) is 4.64. The van der Waals surface area contributed by atoms with Crippen LogP contribution in [0.15, 0.2) is 58.4 Å². The molecular weight excluding hydrogens is 332 g/mol. The molecule has 130 valence electrons. The Kier molecular flexibility index (Phi) is 3.57. The summed E-state index contributed by atoms with van der Waals surface area (Å²) in [4.78, 5) is 41.4. The van der Waals surface area contributed by atoms with Gasteiger partial charge in [0.15, 0.2) is 5.78 Å². The van der Waals surface area contributed by atoms with Gasteiger partial charge >= 0.3 is 5.69 Å². The maximum Gasteiger partial charge on any atom is 0.328 e. The van der Waals surface area contributed by atoms with Crippen molar-refractivity contribution in [2.45, 2.75) is 6.54 Å². The van der Waals surface area contributed by atoms with E-state index in [-0.39, 0.29) is 23.6 Å². The molecule has 7 heteroatoms. The van der Waals surface area contributed by atoms with Gasteiger partial charge in [0.1, 0.15) is 0 Å². The number of ketones is 1. The van der Waals surface area contributed by atoms with Crippen molar-refractivity contribution in [3.63, 3.8) is 0 Å². The van der Waals surface area contributed by atoms with Crippen LogP contribution in [0.3, 0.4) is 0 Å². The third kappa shape index (κ3) is 2.36. The Labute approximate surface area is 147 Å². The molecule has 2 aromatic heterocycles. The Balaban J connectivity index is 1.74. The van der Waals surface area contributed by atoms with Crippen LogP contribution in [0.2, 0.25) is 0 Å². The lowest BCUT2D eigenvalue weighted by Crippen LogP contribution is -2.24. The molecule has 0 N–H and O–H groups in total. The fourth-order valence-corrected chi connectivity index (χ4v) is 3.14. The Bertz CT molecular complexity index is 1290. The molecule has 0 aliphatic heterocycles. The monoisotopic (exact) mass is 348 g/mol. The lowest BCUT2D eigenvalue weighted by Gasteiger charge is -2.06. The molecule has 2 heterocycles. The van der Waals surface area contributed by atoms with Gasteiger partial charge in [-0.3, -0.25) is 23.3 Å². The largest absolute Gasteiger partial charge is 0.328 e. The highest BCUT2D eigenvalue weighted by atomic mass is 16.2. The predicted octanol–water partition coefficient (Wildman–Crippen LogP) is 1.47. The zero-order valence-corrected chi connectivity index (χ0v) is 14.3. The van der Waals surface area contributed by atoms with E-state index in [2.05, 4.69) is 4.98 Å². The maximum atomic E-state index is 12.7. The number of benzene rings is 2. The Hall–Kier alpha value is -3.48. The van der Waals surface area contributed by atoms with Crippen molar-refractivity contribution >= 4 is 27.7 Å². The number of rotatable bonds is 3. The predicted molar refractivity (Wildman–Crippen MR) is 98.5 cm³/mol. The molecule has 4 aromatic rings. The number of imidazole rings is 1. The van der Waals surface area contributed by atoms with Crippen LogP contribution in [0, 0.1) is 0 Å². The molecule has 0 atom stereocenters. The molecular formula is C19H16N4O3. The van der Waals surface area contributed by atoms with Crippen molar-refractivity contribution in [3.8, 4) is 0 Å². The molecule has 26 heavy (non-hydrogen) atoms. The zero-order chi connectivity index (χ0) is 18.4. The normalized spacial score (nSPS) is 11.3. The summed E-state index contributed by atoms with van der Waals surface area (Å²) in [5, 5.41) is 0.476. The average molecular weight is 348 g/mol. The second-order valence-corrected chi connectivity index (χ2v) is 6.22. The summed E-state index contributed by atoms with van der Waals surface area (Å²) < 4.78 is 4.33. The van der Waals surface area contributed by atoms with Gasteiger partial charge in [-0.15, -0.1) is 0 Å². The van der Waals surface area contributed by atoms with Crippen molar-refractivity contribution in [1.29, 1.82) is 0 Å². The van der Waals surface area contributed by atoms with Gasteiger partial charge < -0.3 is 0 Å². The highest BCUT2D eigenvalue weighted by molar-refractivity contribution is 5.99. The van der Waals surface area contributed by atoms with Crippen molar-refractivity contribution in [2.75, 3.05) is 0 Å². The molecule has 0 fully saturated rings. The molecule has 4 rings (SSSR count). The number of carbonyl (C=O) groups excluding carboxylic acids is 1. The van der Waals surface area contributed by atoms with Crippen molar-refractivity contribution in [2.24, 2.45) is 14.1 Å². The minimum absolute atomic E-state index is 0.108. The molecule has 0 unspecified atom stereocenters. The number of Topliss-reactive ketones (excluding diaryl/α,β-unsaturated/α-hetero) is 1. The van der Waals surface area contributed by atoms with Gasteiger partial charge in [0, 0.05) is 19.7 Å². The maximum absolute atomic E-state index is 12.7. The Morgan fingerprint density at radius 2 is 1.73 bits per heavy atom. The molecule has 0 radical (unpaired) electrons. The molecule has 0 amide bonds. The van der Waals surface area contributed by atoms with Gasteiger partial charge in [0.25, 0.3) is 5.56 Å². The van der Waals surface area contributed by atoms with Crippen LogP contribution in [0.1, 0.15) is 10.4 Å². The van der Waals surface area contributed by atoms with Crippen LogP contribution in [-0.4, -0.2) is 24.5 Å². The van der Waals surface area contributed by atoms with E-state index < -0.39 is 0 Å². The average Bonchev–Trinajstić information content (AvgIpc) is 2.88. The fourth-order valence-electron chi connectivity index (χ4n) is 3.14. The second-order valence-electron chi connectivity index (χ2n) is 6.22. The molecule has 0 aliphatic rings. The van der Waals surface area contributed by atoms with E-state index in [1.807, 2.05) is 6.07 Å². The van der Waals surface area contributed by atoms with Crippen molar-refractivity contribution in [3.05, 3.63) is 75.2 Å². The first kappa shape index (κ1) is 16.0. The summed E-state index contributed by atoms with van der Waals surface area (Å²) in [6.45, 7) is -0.108. The molecule has 0 saturated carbocycles. The molecule has 0 aliphatic carbocycles. The number of nitrogens with zero attached hydrogens (tertiary/aromatic N) is 4. The van der Waals surface area contributed by atoms with E-state index in [0.717, 1.165) is 5.52 Å².